The molecule has 0 saturated heterocycles. The summed E-state index contributed by atoms with van der Waals surface area (Å²) in [5, 5.41) is 8.35. The Hall–Kier alpha value is -4.14. The highest BCUT2D eigenvalue weighted by molar-refractivity contribution is 5.69. The molecule has 9 heteroatoms. The number of benzene rings is 2. The first-order valence-electron chi connectivity index (χ1n) is 8.94. The van der Waals surface area contributed by atoms with Crippen LogP contribution >= 0.6 is 0 Å². The molecule has 0 aliphatic carbocycles. The van der Waals surface area contributed by atoms with E-state index in [9.17, 15) is 4.79 Å². The second-order valence-electron chi connectivity index (χ2n) is 6.14. The number of hydrogen-bond donors (Lipinski definition) is 0. The van der Waals surface area contributed by atoms with Crippen molar-refractivity contribution in [3.63, 3.8) is 0 Å². The Kier molecular flexibility index (Phi) is 5.17. The van der Waals surface area contributed by atoms with E-state index >= 15 is 0 Å². The normalized spacial score (nSPS) is 10.6. The van der Waals surface area contributed by atoms with Crippen molar-refractivity contribution in [2.24, 2.45) is 0 Å². The van der Waals surface area contributed by atoms with Crippen LogP contribution in [0.3, 0.4) is 0 Å². The maximum Gasteiger partial charge on any atom is 0.282 e. The minimum atomic E-state index is -0.340. The van der Waals surface area contributed by atoms with Crippen LogP contribution < -0.4 is 19.6 Å². The zero-order valence-electron chi connectivity index (χ0n) is 16.5. The summed E-state index contributed by atoms with van der Waals surface area (Å²) in [5.74, 6) is 1.96. The molecule has 0 amide bonds. The highest BCUT2D eigenvalue weighted by Crippen LogP contribution is 2.36. The smallest absolute Gasteiger partial charge is 0.282 e. The summed E-state index contributed by atoms with van der Waals surface area (Å²) in [7, 11) is 4.66. The zero-order valence-corrected chi connectivity index (χ0v) is 16.5. The molecule has 0 aliphatic rings. The quantitative estimate of drug-likeness (QED) is 0.482. The van der Waals surface area contributed by atoms with E-state index in [1.807, 2.05) is 12.1 Å². The van der Waals surface area contributed by atoms with Gasteiger partial charge in [0.25, 0.3) is 5.89 Å². The van der Waals surface area contributed by atoms with Crippen LogP contribution in [-0.2, 0) is 0 Å². The van der Waals surface area contributed by atoms with Gasteiger partial charge in [-0.05, 0) is 36.4 Å². The maximum absolute atomic E-state index is 12.4. The molecular weight excluding hydrogens is 388 g/mol. The lowest BCUT2D eigenvalue weighted by Gasteiger charge is -2.09. The van der Waals surface area contributed by atoms with E-state index in [0.717, 1.165) is 5.69 Å². The van der Waals surface area contributed by atoms with Crippen molar-refractivity contribution in [3.05, 3.63) is 65.0 Å². The largest absolute Gasteiger partial charge is 0.497 e. The molecular formula is C21H18N4O5. The van der Waals surface area contributed by atoms with E-state index < -0.39 is 0 Å². The minimum absolute atomic E-state index is 0.00253. The second kappa shape index (κ2) is 8.08. The van der Waals surface area contributed by atoms with Crippen LogP contribution in [0, 0.1) is 0 Å². The zero-order chi connectivity index (χ0) is 21.1. The van der Waals surface area contributed by atoms with Crippen molar-refractivity contribution in [2.45, 2.75) is 0 Å². The first kappa shape index (κ1) is 19.2. The lowest BCUT2D eigenvalue weighted by molar-refractivity contribution is 0.355. The van der Waals surface area contributed by atoms with Crippen molar-refractivity contribution in [3.8, 4) is 45.9 Å². The van der Waals surface area contributed by atoms with Gasteiger partial charge < -0.3 is 18.7 Å². The Balaban J connectivity index is 1.74. The number of hydrogen-bond acceptors (Lipinski definition) is 8. The summed E-state index contributed by atoms with van der Waals surface area (Å²) in [5.41, 5.74) is 1.01. The highest BCUT2D eigenvalue weighted by atomic mass is 16.5. The van der Waals surface area contributed by atoms with Gasteiger partial charge in [0.2, 0.25) is 11.3 Å². The number of para-hydroxylation sites is 1. The first-order chi connectivity index (χ1) is 14.6. The molecule has 2 aromatic carbocycles. The lowest BCUT2D eigenvalue weighted by Crippen LogP contribution is -2.12. The van der Waals surface area contributed by atoms with Crippen molar-refractivity contribution < 1.29 is 18.7 Å². The van der Waals surface area contributed by atoms with Gasteiger partial charge in [-0.3, -0.25) is 4.79 Å². The summed E-state index contributed by atoms with van der Waals surface area (Å²) in [6, 6.07) is 13.9. The fourth-order valence-electron chi connectivity index (χ4n) is 2.93. The predicted octanol–water partition coefficient (Wildman–Crippen LogP) is 2.98. The van der Waals surface area contributed by atoms with Gasteiger partial charge in [0.05, 0.1) is 32.6 Å². The molecule has 0 atom stereocenters. The van der Waals surface area contributed by atoms with Gasteiger partial charge in [0.15, 0.2) is 17.2 Å². The molecule has 0 aliphatic heterocycles. The van der Waals surface area contributed by atoms with E-state index in [1.165, 1.54) is 13.2 Å². The minimum Gasteiger partial charge on any atom is -0.497 e. The van der Waals surface area contributed by atoms with Crippen LogP contribution in [0.15, 0.2) is 64.0 Å². The third-order valence-corrected chi connectivity index (χ3v) is 4.42. The van der Waals surface area contributed by atoms with Gasteiger partial charge in [0.1, 0.15) is 5.75 Å². The molecule has 30 heavy (non-hydrogen) atoms. The number of nitrogens with zero attached hydrogens (tertiary/aromatic N) is 4. The Morgan fingerprint density at radius 3 is 2.43 bits per heavy atom. The van der Waals surface area contributed by atoms with Crippen molar-refractivity contribution >= 4 is 0 Å². The second-order valence-corrected chi connectivity index (χ2v) is 6.14. The predicted molar refractivity (Wildman–Crippen MR) is 108 cm³/mol. The van der Waals surface area contributed by atoms with Crippen LogP contribution in [0.5, 0.6) is 17.2 Å². The Morgan fingerprint density at radius 2 is 1.73 bits per heavy atom. The topological polar surface area (TPSA) is 102 Å². The lowest BCUT2D eigenvalue weighted by atomic mass is 10.1. The Labute approximate surface area is 171 Å². The van der Waals surface area contributed by atoms with E-state index in [-0.39, 0.29) is 22.8 Å². The molecule has 0 unspecified atom stereocenters. The molecule has 2 heterocycles. The maximum atomic E-state index is 12.4. The molecule has 4 rings (SSSR count). The van der Waals surface area contributed by atoms with E-state index in [1.54, 1.807) is 55.4 Å². The van der Waals surface area contributed by atoms with Gasteiger partial charge >= 0.3 is 0 Å². The number of methoxy groups -OCH3 is 3. The summed E-state index contributed by atoms with van der Waals surface area (Å²) in [6.07, 6.45) is 1.57. The third-order valence-electron chi connectivity index (χ3n) is 4.42. The number of aromatic nitrogens is 4. The van der Waals surface area contributed by atoms with Crippen LogP contribution in [-0.4, -0.2) is 41.3 Å². The van der Waals surface area contributed by atoms with E-state index in [2.05, 4.69) is 15.2 Å². The summed E-state index contributed by atoms with van der Waals surface area (Å²) < 4.78 is 22.8. The number of ether oxygens (including phenoxy) is 3. The van der Waals surface area contributed by atoms with Crippen molar-refractivity contribution in [1.82, 2.24) is 19.9 Å². The van der Waals surface area contributed by atoms with Gasteiger partial charge in [-0.1, -0.05) is 11.2 Å². The molecule has 0 N–H and O–H groups in total. The number of rotatable bonds is 6. The Bertz CT molecular complexity index is 1230. The average Bonchev–Trinajstić information content (AvgIpc) is 3.28. The fourth-order valence-corrected chi connectivity index (χ4v) is 2.93. The Morgan fingerprint density at radius 1 is 0.933 bits per heavy atom. The molecule has 0 spiro atoms. The van der Waals surface area contributed by atoms with Gasteiger partial charge in [-0.25, -0.2) is 4.68 Å². The first-order valence-corrected chi connectivity index (χ1v) is 8.94. The molecule has 0 radical (unpaired) electrons. The van der Waals surface area contributed by atoms with E-state index in [0.29, 0.717) is 22.8 Å². The third kappa shape index (κ3) is 3.48. The van der Waals surface area contributed by atoms with Crippen LogP contribution in [0.4, 0.5) is 0 Å². The SMILES string of the molecule is COc1ccc(-n2ccc(=O)c(-c3nc(-c4cccc(OC)c4OC)no3)n2)cc1. The standard InChI is InChI=1S/C21H18N4O5/c1-27-14-9-7-13(8-10-14)25-12-11-16(26)18(23-25)21-22-20(24-30-21)15-5-4-6-17(28-2)19(15)29-3/h4-12H,1-3H3. The summed E-state index contributed by atoms with van der Waals surface area (Å²) in [6.45, 7) is 0. The molecule has 0 fully saturated rings. The molecule has 9 nitrogen and oxygen atoms in total. The average molecular weight is 406 g/mol. The van der Waals surface area contributed by atoms with E-state index in [4.69, 9.17) is 18.7 Å². The summed E-state index contributed by atoms with van der Waals surface area (Å²) in [4.78, 5) is 16.8. The van der Waals surface area contributed by atoms with Crippen LogP contribution in [0.1, 0.15) is 0 Å². The molecule has 2 aromatic heterocycles. The molecule has 4 aromatic rings. The monoisotopic (exact) mass is 406 g/mol. The molecule has 0 bridgehead atoms. The summed E-state index contributed by atoms with van der Waals surface area (Å²) >= 11 is 0. The van der Waals surface area contributed by atoms with Gasteiger partial charge in [0, 0.05) is 12.3 Å². The van der Waals surface area contributed by atoms with Crippen molar-refractivity contribution in [2.75, 3.05) is 21.3 Å². The fraction of sp³-hybridized carbons (Fsp3) is 0.143. The van der Waals surface area contributed by atoms with Crippen LogP contribution in [0.2, 0.25) is 0 Å². The van der Waals surface area contributed by atoms with Gasteiger partial charge in [-0.15, -0.1) is 0 Å². The van der Waals surface area contributed by atoms with Gasteiger partial charge in [-0.2, -0.15) is 10.1 Å². The molecule has 152 valence electrons. The van der Waals surface area contributed by atoms with Crippen LogP contribution in [0.25, 0.3) is 28.7 Å². The highest BCUT2D eigenvalue weighted by Gasteiger charge is 2.20. The molecule has 0 saturated carbocycles. The van der Waals surface area contributed by atoms with Crippen molar-refractivity contribution in [1.29, 1.82) is 0 Å².